The van der Waals surface area contributed by atoms with Crippen LogP contribution in [0.5, 0.6) is 0 Å². The summed E-state index contributed by atoms with van der Waals surface area (Å²) in [5.74, 6) is -1.27. The fourth-order valence-electron chi connectivity index (χ4n) is 2.55. The average molecular weight is 393 g/mol. The quantitative estimate of drug-likeness (QED) is 0.759. The van der Waals surface area contributed by atoms with Crippen molar-refractivity contribution in [3.63, 3.8) is 0 Å². The van der Waals surface area contributed by atoms with E-state index < -0.39 is 29.5 Å². The van der Waals surface area contributed by atoms with E-state index in [1.807, 2.05) is 0 Å². The van der Waals surface area contributed by atoms with Gasteiger partial charge in [-0.25, -0.2) is 9.78 Å². The minimum Gasteiger partial charge on any atom is -0.477 e. The van der Waals surface area contributed by atoms with Gasteiger partial charge in [0.1, 0.15) is 5.69 Å². The normalized spacial score (nSPS) is 12.9. The number of hydrogen-bond donors (Lipinski definition) is 2. The zero-order valence-electron chi connectivity index (χ0n) is 13.7. The van der Waals surface area contributed by atoms with Crippen LogP contribution in [0.25, 0.3) is 11.1 Å². The van der Waals surface area contributed by atoms with Gasteiger partial charge < -0.3 is 10.2 Å². The Bertz CT molecular complexity index is 829. The molecule has 2 rings (SSSR count). The molecule has 0 amide bonds. The molecule has 2 N–H and O–H groups in total. The van der Waals surface area contributed by atoms with Crippen LogP contribution in [0.3, 0.4) is 0 Å². The number of carboxylic acid groups (broad SMARTS) is 1. The number of aromatic nitrogens is 1. The van der Waals surface area contributed by atoms with Crippen LogP contribution in [-0.4, -0.2) is 33.5 Å². The van der Waals surface area contributed by atoms with Crippen LogP contribution >= 0.6 is 0 Å². The van der Waals surface area contributed by atoms with Gasteiger partial charge in [0.05, 0.1) is 0 Å². The maximum atomic E-state index is 12.9. The van der Waals surface area contributed by atoms with Crippen molar-refractivity contribution in [2.45, 2.75) is 31.3 Å². The molecule has 0 bridgehead atoms. The summed E-state index contributed by atoms with van der Waals surface area (Å²) in [6.07, 6.45) is -10.4. The molecule has 0 aliphatic carbocycles. The Kier molecular flexibility index (Phi) is 5.24. The molecule has 2 aromatic rings. The summed E-state index contributed by atoms with van der Waals surface area (Å²) in [7, 11) is 0. The number of nitrogens with zero attached hydrogens (tertiary/aromatic N) is 1. The standard InChI is InChI=1S/C17H13F6NO3/c1-2-9-7-13(14(25)26)24-8-12(9)10-3-5-11(6-4-10)15(27,16(18,19)20)17(21,22)23/h3-8,27H,2H2,1H3,(H,25,26). The van der Waals surface area contributed by atoms with Crippen LogP contribution in [-0.2, 0) is 12.0 Å². The number of aliphatic hydroxyl groups is 1. The van der Waals surface area contributed by atoms with E-state index >= 15 is 0 Å². The molecule has 1 heterocycles. The van der Waals surface area contributed by atoms with Crippen LogP contribution in [0, 0.1) is 0 Å². The number of carboxylic acids is 1. The third kappa shape index (κ3) is 3.61. The lowest BCUT2D eigenvalue weighted by Gasteiger charge is -2.32. The van der Waals surface area contributed by atoms with Crippen molar-refractivity contribution in [3.8, 4) is 11.1 Å². The highest BCUT2D eigenvalue weighted by Crippen LogP contribution is 2.50. The van der Waals surface area contributed by atoms with Crippen molar-refractivity contribution in [1.29, 1.82) is 0 Å². The maximum Gasteiger partial charge on any atom is 0.430 e. The third-order valence-electron chi connectivity index (χ3n) is 4.02. The zero-order chi connectivity index (χ0) is 20.6. The summed E-state index contributed by atoms with van der Waals surface area (Å²) in [5.41, 5.74) is -5.53. The van der Waals surface area contributed by atoms with Crippen LogP contribution < -0.4 is 0 Å². The van der Waals surface area contributed by atoms with Gasteiger partial charge in [0.2, 0.25) is 0 Å². The van der Waals surface area contributed by atoms with Gasteiger partial charge in [-0.3, -0.25) is 0 Å². The molecule has 0 radical (unpaired) electrons. The van der Waals surface area contributed by atoms with E-state index in [-0.39, 0.29) is 11.3 Å². The Hall–Kier alpha value is -2.62. The maximum absolute atomic E-state index is 12.9. The molecule has 10 heteroatoms. The fourth-order valence-corrected chi connectivity index (χ4v) is 2.55. The smallest absolute Gasteiger partial charge is 0.430 e. The largest absolute Gasteiger partial charge is 0.477 e. The van der Waals surface area contributed by atoms with Crippen LogP contribution in [0.15, 0.2) is 36.5 Å². The lowest BCUT2D eigenvalue weighted by atomic mass is 9.90. The summed E-state index contributed by atoms with van der Waals surface area (Å²) in [6.45, 7) is 1.70. The van der Waals surface area contributed by atoms with Gasteiger partial charge in [0.25, 0.3) is 5.60 Å². The van der Waals surface area contributed by atoms with Gasteiger partial charge in [-0.2, -0.15) is 26.3 Å². The van der Waals surface area contributed by atoms with Gasteiger partial charge in [-0.05, 0) is 23.6 Å². The van der Waals surface area contributed by atoms with Crippen molar-refractivity contribution < 1.29 is 41.4 Å². The minimum absolute atomic E-state index is 0.228. The first kappa shape index (κ1) is 20.7. The van der Waals surface area contributed by atoms with Gasteiger partial charge in [0, 0.05) is 17.3 Å². The van der Waals surface area contributed by atoms with E-state index in [2.05, 4.69) is 4.98 Å². The molecule has 0 fully saturated rings. The minimum atomic E-state index is -5.97. The Balaban J connectivity index is 2.53. The highest BCUT2D eigenvalue weighted by atomic mass is 19.4. The molecule has 1 aromatic heterocycles. The van der Waals surface area contributed by atoms with Crippen molar-refractivity contribution in [2.24, 2.45) is 0 Å². The van der Waals surface area contributed by atoms with Crippen molar-refractivity contribution in [2.75, 3.05) is 0 Å². The number of halogens is 6. The van der Waals surface area contributed by atoms with Gasteiger partial charge in [-0.1, -0.05) is 31.2 Å². The second-order valence-electron chi connectivity index (χ2n) is 5.67. The molecule has 27 heavy (non-hydrogen) atoms. The molecular weight excluding hydrogens is 380 g/mol. The summed E-state index contributed by atoms with van der Waals surface area (Å²) in [4.78, 5) is 14.7. The lowest BCUT2D eigenvalue weighted by molar-refractivity contribution is -0.376. The first-order chi connectivity index (χ1) is 12.3. The van der Waals surface area contributed by atoms with Crippen LogP contribution in [0.4, 0.5) is 26.3 Å². The molecule has 0 saturated carbocycles. The predicted molar refractivity (Wildman–Crippen MR) is 82.0 cm³/mol. The summed E-state index contributed by atoms with van der Waals surface area (Å²) in [6, 6.07) is 4.29. The summed E-state index contributed by atoms with van der Waals surface area (Å²) >= 11 is 0. The SMILES string of the molecule is CCc1cc(C(=O)O)ncc1-c1ccc(C(O)(C(F)(F)F)C(F)(F)F)cc1. The summed E-state index contributed by atoms with van der Waals surface area (Å²) < 4.78 is 77.5. The van der Waals surface area contributed by atoms with Gasteiger partial charge in [-0.15, -0.1) is 0 Å². The number of pyridine rings is 1. The van der Waals surface area contributed by atoms with E-state index in [0.717, 1.165) is 12.1 Å². The van der Waals surface area contributed by atoms with E-state index in [0.29, 0.717) is 29.7 Å². The third-order valence-corrected chi connectivity index (χ3v) is 4.02. The van der Waals surface area contributed by atoms with E-state index in [1.54, 1.807) is 6.92 Å². The summed E-state index contributed by atoms with van der Waals surface area (Å²) in [5, 5.41) is 18.3. The molecule has 1 aromatic carbocycles. The molecule has 0 atom stereocenters. The van der Waals surface area contributed by atoms with E-state index in [4.69, 9.17) is 5.11 Å². The zero-order valence-corrected chi connectivity index (χ0v) is 13.7. The van der Waals surface area contributed by atoms with Gasteiger partial charge >= 0.3 is 18.3 Å². The molecule has 0 aliphatic heterocycles. The predicted octanol–water partition coefficient (Wildman–Crippen LogP) is 4.32. The topological polar surface area (TPSA) is 70.4 Å². The number of alkyl halides is 6. The molecule has 146 valence electrons. The molecule has 4 nitrogen and oxygen atoms in total. The van der Waals surface area contributed by atoms with Crippen molar-refractivity contribution >= 4 is 5.97 Å². The lowest BCUT2D eigenvalue weighted by Crippen LogP contribution is -2.53. The second-order valence-corrected chi connectivity index (χ2v) is 5.67. The monoisotopic (exact) mass is 393 g/mol. The molecule has 0 saturated heterocycles. The molecule has 0 unspecified atom stereocenters. The second kappa shape index (κ2) is 6.84. The number of benzene rings is 1. The first-order valence-corrected chi connectivity index (χ1v) is 7.52. The Labute approximate surface area is 149 Å². The number of carbonyl (C=O) groups is 1. The van der Waals surface area contributed by atoms with Crippen molar-refractivity contribution in [3.05, 3.63) is 53.3 Å². The number of aromatic carboxylic acids is 1. The highest BCUT2D eigenvalue weighted by Gasteiger charge is 2.71. The number of hydrogen-bond acceptors (Lipinski definition) is 3. The van der Waals surface area contributed by atoms with Crippen molar-refractivity contribution in [1.82, 2.24) is 4.98 Å². The van der Waals surface area contributed by atoms with E-state index in [1.165, 1.54) is 12.3 Å². The molecular formula is C17H13F6NO3. The number of rotatable bonds is 4. The van der Waals surface area contributed by atoms with E-state index in [9.17, 15) is 36.2 Å². The van der Waals surface area contributed by atoms with Crippen LogP contribution in [0.2, 0.25) is 0 Å². The Morgan fingerprint density at radius 2 is 1.56 bits per heavy atom. The fraction of sp³-hybridized carbons (Fsp3) is 0.294. The molecule has 0 spiro atoms. The van der Waals surface area contributed by atoms with Crippen LogP contribution in [0.1, 0.15) is 28.5 Å². The van der Waals surface area contributed by atoms with Gasteiger partial charge in [0.15, 0.2) is 0 Å². The highest BCUT2D eigenvalue weighted by molar-refractivity contribution is 5.86. The Morgan fingerprint density at radius 3 is 1.96 bits per heavy atom. The molecule has 0 aliphatic rings. The number of aryl methyl sites for hydroxylation is 1. The Morgan fingerprint density at radius 1 is 1.04 bits per heavy atom. The average Bonchev–Trinajstić information content (AvgIpc) is 2.58. The first-order valence-electron chi connectivity index (χ1n) is 7.52.